The predicted molar refractivity (Wildman–Crippen MR) is 77.7 cm³/mol. The van der Waals surface area contributed by atoms with Crippen LogP contribution in [0, 0.1) is 5.41 Å². The van der Waals surface area contributed by atoms with Crippen LogP contribution in [-0.2, 0) is 11.3 Å². The SMILES string of the molecule is CCCC1(C(=O)O)CCN(C(=O)NCc2ccsc2)C1. The highest BCUT2D eigenvalue weighted by atomic mass is 32.1. The molecule has 1 fully saturated rings. The average molecular weight is 296 g/mol. The number of thiophene rings is 1. The van der Waals surface area contributed by atoms with Crippen LogP contribution >= 0.6 is 11.3 Å². The summed E-state index contributed by atoms with van der Waals surface area (Å²) in [6.07, 6.45) is 1.98. The van der Waals surface area contributed by atoms with Gasteiger partial charge in [-0.25, -0.2) is 4.79 Å². The molecule has 0 spiro atoms. The number of likely N-dealkylation sites (tertiary alicyclic amines) is 1. The molecule has 2 rings (SSSR count). The van der Waals surface area contributed by atoms with Crippen LogP contribution in [0.2, 0.25) is 0 Å². The highest BCUT2D eigenvalue weighted by molar-refractivity contribution is 7.07. The number of carbonyl (C=O) groups excluding carboxylic acids is 1. The van der Waals surface area contributed by atoms with Gasteiger partial charge in [0.1, 0.15) is 0 Å². The zero-order chi connectivity index (χ0) is 14.6. The number of urea groups is 1. The molecule has 0 aliphatic carbocycles. The lowest BCUT2D eigenvalue weighted by atomic mass is 9.83. The lowest BCUT2D eigenvalue weighted by Gasteiger charge is -2.24. The topological polar surface area (TPSA) is 69.6 Å². The van der Waals surface area contributed by atoms with E-state index in [-0.39, 0.29) is 6.03 Å². The van der Waals surface area contributed by atoms with Crippen LogP contribution in [0.15, 0.2) is 16.8 Å². The van der Waals surface area contributed by atoms with E-state index in [1.54, 1.807) is 16.2 Å². The second-order valence-corrected chi connectivity index (χ2v) is 6.08. The Labute approximate surface area is 122 Å². The summed E-state index contributed by atoms with van der Waals surface area (Å²) < 4.78 is 0. The lowest BCUT2D eigenvalue weighted by Crippen LogP contribution is -2.41. The zero-order valence-corrected chi connectivity index (χ0v) is 12.4. The third-order valence-electron chi connectivity index (χ3n) is 3.85. The van der Waals surface area contributed by atoms with E-state index < -0.39 is 11.4 Å². The molecule has 1 aliphatic rings. The van der Waals surface area contributed by atoms with E-state index in [4.69, 9.17) is 0 Å². The summed E-state index contributed by atoms with van der Waals surface area (Å²) in [5.41, 5.74) is 0.315. The number of hydrogen-bond donors (Lipinski definition) is 2. The number of carbonyl (C=O) groups is 2. The van der Waals surface area contributed by atoms with Crippen molar-refractivity contribution in [2.45, 2.75) is 32.7 Å². The van der Waals surface area contributed by atoms with Crippen molar-refractivity contribution in [2.75, 3.05) is 13.1 Å². The number of carboxylic acid groups (broad SMARTS) is 1. The fourth-order valence-corrected chi connectivity index (χ4v) is 3.36. The maximum absolute atomic E-state index is 12.1. The maximum Gasteiger partial charge on any atom is 0.317 e. The molecule has 2 heterocycles. The fraction of sp³-hybridized carbons (Fsp3) is 0.571. The van der Waals surface area contributed by atoms with Gasteiger partial charge in [-0.05, 0) is 35.2 Å². The molecule has 5 nitrogen and oxygen atoms in total. The van der Waals surface area contributed by atoms with E-state index in [1.165, 1.54) is 0 Å². The minimum Gasteiger partial charge on any atom is -0.481 e. The molecule has 0 bridgehead atoms. The molecule has 1 aliphatic heterocycles. The first-order valence-electron chi connectivity index (χ1n) is 6.84. The van der Waals surface area contributed by atoms with Crippen molar-refractivity contribution in [2.24, 2.45) is 5.41 Å². The molecule has 2 amide bonds. The number of amides is 2. The smallest absolute Gasteiger partial charge is 0.317 e. The van der Waals surface area contributed by atoms with Crippen molar-refractivity contribution in [3.63, 3.8) is 0 Å². The van der Waals surface area contributed by atoms with Crippen molar-refractivity contribution in [3.05, 3.63) is 22.4 Å². The molecule has 2 N–H and O–H groups in total. The van der Waals surface area contributed by atoms with Crippen molar-refractivity contribution in [1.29, 1.82) is 0 Å². The van der Waals surface area contributed by atoms with Crippen LogP contribution in [0.1, 0.15) is 31.7 Å². The second kappa shape index (κ2) is 6.26. The Balaban J connectivity index is 1.90. The van der Waals surface area contributed by atoms with E-state index in [2.05, 4.69) is 5.32 Å². The minimum absolute atomic E-state index is 0.171. The zero-order valence-electron chi connectivity index (χ0n) is 11.6. The molecular formula is C14H20N2O3S. The van der Waals surface area contributed by atoms with Crippen LogP contribution in [0.4, 0.5) is 4.79 Å². The molecule has 0 saturated carbocycles. The Morgan fingerprint density at radius 2 is 2.35 bits per heavy atom. The van der Waals surface area contributed by atoms with Gasteiger partial charge in [-0.2, -0.15) is 11.3 Å². The summed E-state index contributed by atoms with van der Waals surface area (Å²) in [5, 5.41) is 16.2. The summed E-state index contributed by atoms with van der Waals surface area (Å²) in [4.78, 5) is 25.2. The van der Waals surface area contributed by atoms with E-state index in [0.717, 1.165) is 12.0 Å². The Morgan fingerprint density at radius 1 is 1.55 bits per heavy atom. The van der Waals surface area contributed by atoms with E-state index in [0.29, 0.717) is 32.5 Å². The third-order valence-corrected chi connectivity index (χ3v) is 4.58. The molecule has 1 aromatic heterocycles. The van der Waals surface area contributed by atoms with Gasteiger partial charge in [0.25, 0.3) is 0 Å². The number of rotatable bonds is 5. The number of nitrogens with zero attached hydrogens (tertiary/aromatic N) is 1. The minimum atomic E-state index is -0.785. The number of aliphatic carboxylic acids is 1. The van der Waals surface area contributed by atoms with E-state index >= 15 is 0 Å². The van der Waals surface area contributed by atoms with Crippen LogP contribution in [0.25, 0.3) is 0 Å². The molecule has 6 heteroatoms. The van der Waals surface area contributed by atoms with Gasteiger partial charge >= 0.3 is 12.0 Å². The summed E-state index contributed by atoms with van der Waals surface area (Å²) in [6.45, 7) is 3.30. The largest absolute Gasteiger partial charge is 0.481 e. The first kappa shape index (κ1) is 14.8. The normalized spacial score (nSPS) is 21.9. The Morgan fingerprint density at radius 3 is 2.95 bits per heavy atom. The summed E-state index contributed by atoms with van der Waals surface area (Å²) in [7, 11) is 0. The quantitative estimate of drug-likeness (QED) is 0.877. The first-order chi connectivity index (χ1) is 9.57. The second-order valence-electron chi connectivity index (χ2n) is 5.30. The molecule has 110 valence electrons. The standard InChI is InChI=1S/C14H20N2O3S/c1-2-4-14(12(17)18)5-6-16(10-14)13(19)15-8-11-3-7-20-9-11/h3,7,9H,2,4-6,8,10H2,1H3,(H,15,19)(H,17,18). The summed E-state index contributed by atoms with van der Waals surface area (Å²) in [5.74, 6) is -0.785. The lowest BCUT2D eigenvalue weighted by molar-refractivity contribution is -0.148. The highest BCUT2D eigenvalue weighted by Gasteiger charge is 2.45. The van der Waals surface area contributed by atoms with Gasteiger partial charge in [-0.15, -0.1) is 0 Å². The van der Waals surface area contributed by atoms with Gasteiger partial charge in [-0.1, -0.05) is 13.3 Å². The molecule has 1 atom stereocenters. The van der Waals surface area contributed by atoms with Crippen molar-refractivity contribution in [3.8, 4) is 0 Å². The van der Waals surface area contributed by atoms with Crippen LogP contribution < -0.4 is 5.32 Å². The molecule has 1 aromatic rings. The van der Waals surface area contributed by atoms with Crippen molar-refractivity contribution >= 4 is 23.3 Å². The fourth-order valence-electron chi connectivity index (χ4n) is 2.69. The molecule has 20 heavy (non-hydrogen) atoms. The predicted octanol–water partition coefficient (Wildman–Crippen LogP) is 2.53. The molecule has 1 saturated heterocycles. The molecule has 0 aromatic carbocycles. The summed E-state index contributed by atoms with van der Waals surface area (Å²) in [6, 6.07) is 1.79. The van der Waals surface area contributed by atoms with Crippen molar-refractivity contribution in [1.82, 2.24) is 10.2 Å². The molecular weight excluding hydrogens is 276 g/mol. The van der Waals surface area contributed by atoms with Gasteiger partial charge in [0.2, 0.25) is 0 Å². The number of nitrogens with one attached hydrogen (secondary N) is 1. The number of carboxylic acids is 1. The first-order valence-corrected chi connectivity index (χ1v) is 7.79. The third kappa shape index (κ3) is 3.12. The van der Waals surface area contributed by atoms with Gasteiger partial charge in [0, 0.05) is 19.6 Å². The van der Waals surface area contributed by atoms with Crippen LogP contribution in [0.3, 0.4) is 0 Å². The van der Waals surface area contributed by atoms with Crippen LogP contribution in [0.5, 0.6) is 0 Å². The van der Waals surface area contributed by atoms with Gasteiger partial charge < -0.3 is 15.3 Å². The van der Waals surface area contributed by atoms with E-state index in [9.17, 15) is 14.7 Å². The van der Waals surface area contributed by atoms with Crippen LogP contribution in [-0.4, -0.2) is 35.1 Å². The Kier molecular flexibility index (Phi) is 4.65. The monoisotopic (exact) mass is 296 g/mol. The van der Waals surface area contributed by atoms with Gasteiger partial charge in [0.15, 0.2) is 0 Å². The average Bonchev–Trinajstić information content (AvgIpc) is 3.06. The van der Waals surface area contributed by atoms with Gasteiger partial charge in [-0.3, -0.25) is 4.79 Å². The van der Waals surface area contributed by atoms with Gasteiger partial charge in [0.05, 0.1) is 5.41 Å². The molecule has 0 radical (unpaired) electrons. The van der Waals surface area contributed by atoms with Crippen molar-refractivity contribution < 1.29 is 14.7 Å². The Bertz CT molecular complexity index is 475. The maximum atomic E-state index is 12.1. The number of hydrogen-bond acceptors (Lipinski definition) is 3. The highest BCUT2D eigenvalue weighted by Crippen LogP contribution is 2.35. The van der Waals surface area contributed by atoms with E-state index in [1.807, 2.05) is 23.8 Å². The summed E-state index contributed by atoms with van der Waals surface area (Å²) >= 11 is 1.59. The molecule has 1 unspecified atom stereocenters. The Hall–Kier alpha value is -1.56.